The van der Waals surface area contributed by atoms with Crippen LogP contribution >= 0.6 is 0 Å². The first-order valence-corrected chi connectivity index (χ1v) is 4.72. The van der Waals surface area contributed by atoms with Gasteiger partial charge in [-0.1, -0.05) is 0 Å². The molecule has 3 N–H and O–H groups in total. The van der Waals surface area contributed by atoms with Gasteiger partial charge in [0.15, 0.2) is 5.65 Å². The fourth-order valence-electron chi connectivity index (χ4n) is 1.62. The van der Waals surface area contributed by atoms with Crippen LogP contribution in [-0.2, 0) is 6.42 Å². The summed E-state index contributed by atoms with van der Waals surface area (Å²) in [6, 6.07) is 3.83. The van der Waals surface area contributed by atoms with Crippen LogP contribution in [0.15, 0.2) is 12.1 Å². The minimum Gasteiger partial charge on any atom is -0.387 e. The molecule has 2 heterocycles. The van der Waals surface area contributed by atoms with Crippen molar-refractivity contribution in [3.63, 3.8) is 0 Å². The lowest BCUT2D eigenvalue weighted by atomic mass is 10.3. The third-order valence-electron chi connectivity index (χ3n) is 2.16. The van der Waals surface area contributed by atoms with Gasteiger partial charge in [0, 0.05) is 23.9 Å². The molecule has 2 rings (SSSR count). The van der Waals surface area contributed by atoms with Gasteiger partial charge in [-0.15, -0.1) is 0 Å². The van der Waals surface area contributed by atoms with Gasteiger partial charge in [0.1, 0.15) is 0 Å². The van der Waals surface area contributed by atoms with E-state index < -0.39 is 0 Å². The molecule has 0 bridgehead atoms. The molecule has 5 nitrogen and oxygen atoms in total. The molecule has 15 heavy (non-hydrogen) atoms. The lowest BCUT2D eigenvalue weighted by molar-refractivity contribution is 0.862. The number of amidine groups is 1. The maximum atomic E-state index is 7.21. The predicted molar refractivity (Wildman–Crippen MR) is 58.1 cm³/mol. The fourth-order valence-corrected chi connectivity index (χ4v) is 1.62. The third kappa shape index (κ3) is 1.81. The maximum Gasteiger partial charge on any atom is 0.155 e. The van der Waals surface area contributed by atoms with E-state index in [0.29, 0.717) is 6.42 Å². The van der Waals surface area contributed by atoms with Crippen molar-refractivity contribution in [3.05, 3.63) is 29.2 Å². The third-order valence-corrected chi connectivity index (χ3v) is 2.16. The van der Waals surface area contributed by atoms with Crippen LogP contribution in [0, 0.1) is 19.3 Å². The average Bonchev–Trinajstić information content (AvgIpc) is 2.45. The van der Waals surface area contributed by atoms with Crippen LogP contribution in [0.2, 0.25) is 0 Å². The number of nitrogens with zero attached hydrogens (tertiary/aromatic N) is 3. The molecule has 0 atom stereocenters. The highest BCUT2D eigenvalue weighted by atomic mass is 15.3. The molecular formula is C10H13N5. The van der Waals surface area contributed by atoms with Crippen molar-refractivity contribution in [1.82, 2.24) is 14.6 Å². The number of aromatic nitrogens is 3. The van der Waals surface area contributed by atoms with Crippen molar-refractivity contribution in [3.8, 4) is 0 Å². The van der Waals surface area contributed by atoms with E-state index in [1.807, 2.05) is 26.0 Å². The smallest absolute Gasteiger partial charge is 0.155 e. The SMILES string of the molecule is Cc1cc(C)n2nc(CC(=N)N)cc2n1. The largest absolute Gasteiger partial charge is 0.387 e. The molecule has 0 spiro atoms. The van der Waals surface area contributed by atoms with Crippen molar-refractivity contribution >= 4 is 11.5 Å². The van der Waals surface area contributed by atoms with E-state index in [1.165, 1.54) is 0 Å². The monoisotopic (exact) mass is 203 g/mol. The molecule has 0 aliphatic rings. The molecule has 0 amide bonds. The zero-order valence-electron chi connectivity index (χ0n) is 8.78. The van der Waals surface area contributed by atoms with Crippen LogP contribution in [0.4, 0.5) is 0 Å². The molecule has 2 aromatic rings. The second-order valence-electron chi connectivity index (χ2n) is 3.65. The highest BCUT2D eigenvalue weighted by molar-refractivity contribution is 5.79. The summed E-state index contributed by atoms with van der Waals surface area (Å²) >= 11 is 0. The van der Waals surface area contributed by atoms with E-state index in [0.717, 1.165) is 22.7 Å². The Labute approximate surface area is 87.4 Å². The van der Waals surface area contributed by atoms with Crippen molar-refractivity contribution in [2.75, 3.05) is 0 Å². The Morgan fingerprint density at radius 3 is 2.87 bits per heavy atom. The molecule has 0 aromatic carbocycles. The highest BCUT2D eigenvalue weighted by Crippen LogP contribution is 2.09. The van der Waals surface area contributed by atoms with Gasteiger partial charge in [0.25, 0.3) is 0 Å². The molecular weight excluding hydrogens is 190 g/mol. The fraction of sp³-hybridized carbons (Fsp3) is 0.300. The standard InChI is InChI=1S/C10H13N5/c1-6-3-7(2)15-10(13-6)5-8(14-15)4-9(11)12/h3,5H,4H2,1-2H3,(H3,11,12). The summed E-state index contributed by atoms with van der Waals surface area (Å²) in [5.41, 5.74) is 8.92. The van der Waals surface area contributed by atoms with E-state index in [2.05, 4.69) is 10.1 Å². The van der Waals surface area contributed by atoms with Gasteiger partial charge in [-0.2, -0.15) is 5.10 Å². The molecule has 78 valence electrons. The Hall–Kier alpha value is -1.91. The van der Waals surface area contributed by atoms with E-state index in [9.17, 15) is 0 Å². The Bertz CT molecular complexity index is 526. The molecule has 5 heteroatoms. The molecule has 0 saturated carbocycles. The van der Waals surface area contributed by atoms with Crippen molar-refractivity contribution in [2.45, 2.75) is 20.3 Å². The number of hydrogen-bond acceptors (Lipinski definition) is 3. The van der Waals surface area contributed by atoms with Gasteiger partial charge < -0.3 is 5.73 Å². The Kier molecular flexibility index (Phi) is 2.15. The van der Waals surface area contributed by atoms with Crippen molar-refractivity contribution in [1.29, 1.82) is 5.41 Å². The molecule has 0 radical (unpaired) electrons. The van der Waals surface area contributed by atoms with Gasteiger partial charge in [-0.05, 0) is 19.9 Å². The summed E-state index contributed by atoms with van der Waals surface area (Å²) in [6.45, 7) is 3.93. The lowest BCUT2D eigenvalue weighted by Gasteiger charge is -1.99. The number of nitrogens with one attached hydrogen (secondary N) is 1. The minimum atomic E-state index is 0.118. The van der Waals surface area contributed by atoms with Gasteiger partial charge in [-0.3, -0.25) is 5.41 Å². The van der Waals surface area contributed by atoms with Crippen LogP contribution in [0.25, 0.3) is 5.65 Å². The maximum absolute atomic E-state index is 7.21. The minimum absolute atomic E-state index is 0.118. The van der Waals surface area contributed by atoms with Crippen LogP contribution in [0.1, 0.15) is 17.1 Å². The second kappa shape index (κ2) is 3.34. The van der Waals surface area contributed by atoms with E-state index >= 15 is 0 Å². The number of rotatable bonds is 2. The number of aryl methyl sites for hydroxylation is 2. The normalized spacial score (nSPS) is 10.8. The van der Waals surface area contributed by atoms with Crippen molar-refractivity contribution < 1.29 is 0 Å². The zero-order chi connectivity index (χ0) is 11.0. The average molecular weight is 203 g/mol. The van der Waals surface area contributed by atoms with E-state index in [-0.39, 0.29) is 5.84 Å². The first-order chi connectivity index (χ1) is 7.06. The topological polar surface area (TPSA) is 80.1 Å². The molecule has 2 aromatic heterocycles. The first-order valence-electron chi connectivity index (χ1n) is 4.72. The Morgan fingerprint density at radius 2 is 2.20 bits per heavy atom. The van der Waals surface area contributed by atoms with Crippen LogP contribution in [-0.4, -0.2) is 20.4 Å². The number of hydrogen-bond donors (Lipinski definition) is 2. The lowest BCUT2D eigenvalue weighted by Crippen LogP contribution is -2.13. The van der Waals surface area contributed by atoms with Crippen LogP contribution < -0.4 is 5.73 Å². The van der Waals surface area contributed by atoms with E-state index in [1.54, 1.807) is 4.52 Å². The number of fused-ring (bicyclic) bond motifs is 1. The van der Waals surface area contributed by atoms with Gasteiger partial charge >= 0.3 is 0 Å². The Morgan fingerprint density at radius 1 is 1.47 bits per heavy atom. The Balaban J connectivity index is 2.55. The van der Waals surface area contributed by atoms with E-state index in [4.69, 9.17) is 11.1 Å². The van der Waals surface area contributed by atoms with Crippen molar-refractivity contribution in [2.24, 2.45) is 5.73 Å². The molecule has 0 aliphatic carbocycles. The van der Waals surface area contributed by atoms with Gasteiger partial charge in [-0.25, -0.2) is 9.50 Å². The van der Waals surface area contributed by atoms with Crippen LogP contribution in [0.3, 0.4) is 0 Å². The van der Waals surface area contributed by atoms with Crippen LogP contribution in [0.5, 0.6) is 0 Å². The quantitative estimate of drug-likeness (QED) is 0.560. The second-order valence-corrected chi connectivity index (χ2v) is 3.65. The van der Waals surface area contributed by atoms with Gasteiger partial charge in [0.2, 0.25) is 0 Å². The predicted octanol–water partition coefficient (Wildman–Crippen LogP) is 0.825. The molecule has 0 fully saturated rings. The molecule has 0 aliphatic heterocycles. The first kappa shape index (κ1) is 9.64. The summed E-state index contributed by atoms with van der Waals surface area (Å²) in [5, 5.41) is 11.5. The summed E-state index contributed by atoms with van der Waals surface area (Å²) < 4.78 is 1.77. The number of nitrogens with two attached hydrogens (primary N) is 1. The molecule has 0 unspecified atom stereocenters. The summed E-state index contributed by atoms with van der Waals surface area (Å²) in [5.74, 6) is 0.118. The summed E-state index contributed by atoms with van der Waals surface area (Å²) in [4.78, 5) is 4.35. The van der Waals surface area contributed by atoms with Gasteiger partial charge in [0.05, 0.1) is 11.5 Å². The molecule has 0 saturated heterocycles. The summed E-state index contributed by atoms with van der Waals surface area (Å²) in [7, 11) is 0. The highest BCUT2D eigenvalue weighted by Gasteiger charge is 2.06. The summed E-state index contributed by atoms with van der Waals surface area (Å²) in [6.07, 6.45) is 0.377. The zero-order valence-corrected chi connectivity index (χ0v) is 8.78.